The van der Waals surface area contributed by atoms with E-state index in [0.29, 0.717) is 11.3 Å². The first-order valence-electron chi connectivity index (χ1n) is 10.2. The van der Waals surface area contributed by atoms with Crippen LogP contribution < -0.4 is 11.1 Å². The Morgan fingerprint density at radius 2 is 2.31 bits per heavy atom. The van der Waals surface area contributed by atoms with Crippen molar-refractivity contribution >= 4 is 63.7 Å². The fourth-order valence-corrected chi connectivity index (χ4v) is 5.66. The molecule has 0 aliphatic carbocycles. The number of carboxylic acids is 1. The number of hydrogen-bond donors (Lipinski definition) is 3. The number of rotatable bonds is 9. The molecule has 2 aliphatic heterocycles. The average Bonchev–Trinajstić information content (AvgIpc) is 3.28. The number of nitrogens with two attached hydrogens (primary N) is 1. The molecule has 0 aromatic carbocycles. The van der Waals surface area contributed by atoms with Gasteiger partial charge in [-0.3, -0.25) is 19.5 Å². The van der Waals surface area contributed by atoms with Gasteiger partial charge in [0.25, 0.3) is 11.8 Å². The third kappa shape index (κ3) is 5.31. The topological polar surface area (TPSA) is 173 Å². The van der Waals surface area contributed by atoms with Crippen molar-refractivity contribution in [2.75, 3.05) is 18.1 Å². The summed E-state index contributed by atoms with van der Waals surface area (Å²) in [4.78, 5) is 52.8. The summed E-state index contributed by atoms with van der Waals surface area (Å²) >= 11 is 3.62. The summed E-state index contributed by atoms with van der Waals surface area (Å²) in [5.41, 5.74) is 5.76. The minimum absolute atomic E-state index is 0.0250. The number of carbonyl (C=O) groups excluding carboxylic acids is 2. The molecule has 4 heterocycles. The highest BCUT2D eigenvalue weighted by Gasteiger charge is 2.54. The Morgan fingerprint density at radius 3 is 2.97 bits per heavy atom. The Hall–Kier alpha value is -3.43. The molecule has 182 valence electrons. The van der Waals surface area contributed by atoms with Crippen LogP contribution in [-0.2, 0) is 19.2 Å². The van der Waals surface area contributed by atoms with Crippen LogP contribution in [0, 0.1) is 0 Å². The highest BCUT2D eigenvalue weighted by atomic mass is 32.2. The molecule has 2 amide bonds. The molecule has 2 atom stereocenters. The van der Waals surface area contributed by atoms with Gasteiger partial charge < -0.3 is 21.0 Å². The number of carbonyl (C=O) groups is 3. The predicted molar refractivity (Wildman–Crippen MR) is 131 cm³/mol. The summed E-state index contributed by atoms with van der Waals surface area (Å²) in [6.45, 7) is 1.89. The molecule has 0 saturated carbocycles. The van der Waals surface area contributed by atoms with Gasteiger partial charge in [-0.05, 0) is 36.1 Å². The van der Waals surface area contributed by atoms with Gasteiger partial charge in [-0.15, -0.1) is 11.8 Å². The Labute approximate surface area is 211 Å². The molecule has 4 N–H and O–H groups in total. The molecular weight excluding hydrogens is 514 g/mol. The number of nitrogen functional groups attached to an aromatic ring is 1. The summed E-state index contributed by atoms with van der Waals surface area (Å²) in [6, 6.07) is 2.74. The van der Waals surface area contributed by atoms with E-state index in [1.165, 1.54) is 28.4 Å². The molecule has 1 fully saturated rings. The Kier molecular flexibility index (Phi) is 7.67. The lowest BCUT2D eigenvalue weighted by Crippen LogP contribution is -2.71. The molecule has 2 aromatic heterocycles. The molecule has 12 nitrogen and oxygen atoms in total. The zero-order valence-corrected chi connectivity index (χ0v) is 20.6. The van der Waals surface area contributed by atoms with Crippen LogP contribution in [0.4, 0.5) is 5.13 Å². The first-order valence-corrected chi connectivity index (χ1v) is 12.9. The summed E-state index contributed by atoms with van der Waals surface area (Å²) < 4.78 is 3.97. The molecule has 35 heavy (non-hydrogen) atoms. The maximum absolute atomic E-state index is 12.9. The minimum atomic E-state index is -1.22. The van der Waals surface area contributed by atoms with Gasteiger partial charge in [0.2, 0.25) is 11.5 Å². The SMILES string of the molecule is CCO/N=C(/C(=O)NC1C(=O)N2C(C(=O)O)=C(/C=C/Sc3cccnc3)CSC12)c1nsc(N)n1. The van der Waals surface area contributed by atoms with E-state index in [1.807, 2.05) is 6.07 Å². The molecule has 2 aliphatic rings. The van der Waals surface area contributed by atoms with Gasteiger partial charge in [0.05, 0.1) is 0 Å². The monoisotopic (exact) mass is 533 g/mol. The van der Waals surface area contributed by atoms with Crippen LogP contribution in [0.1, 0.15) is 12.7 Å². The molecule has 0 spiro atoms. The van der Waals surface area contributed by atoms with E-state index in [2.05, 4.69) is 24.8 Å². The lowest BCUT2D eigenvalue weighted by Gasteiger charge is -2.49. The maximum atomic E-state index is 12.9. The first kappa shape index (κ1) is 24.7. The van der Waals surface area contributed by atoms with E-state index in [9.17, 15) is 19.5 Å². The summed E-state index contributed by atoms with van der Waals surface area (Å²) in [5.74, 6) is -2.17. The fraction of sp³-hybridized carbons (Fsp3) is 0.250. The van der Waals surface area contributed by atoms with E-state index in [1.54, 1.807) is 36.9 Å². The van der Waals surface area contributed by atoms with E-state index in [0.717, 1.165) is 16.4 Å². The van der Waals surface area contributed by atoms with Gasteiger partial charge in [0.15, 0.2) is 5.13 Å². The van der Waals surface area contributed by atoms with Crippen molar-refractivity contribution in [1.82, 2.24) is 24.6 Å². The Bertz CT molecular complexity index is 1230. The second-order valence-electron chi connectivity index (χ2n) is 6.96. The third-order valence-corrected chi connectivity index (χ3v) is 7.38. The molecule has 1 saturated heterocycles. The lowest BCUT2D eigenvalue weighted by molar-refractivity contribution is -0.150. The summed E-state index contributed by atoms with van der Waals surface area (Å²) in [7, 11) is 0. The van der Waals surface area contributed by atoms with E-state index < -0.39 is 29.2 Å². The van der Waals surface area contributed by atoms with Crippen molar-refractivity contribution in [1.29, 1.82) is 0 Å². The van der Waals surface area contributed by atoms with E-state index >= 15 is 0 Å². The van der Waals surface area contributed by atoms with Crippen molar-refractivity contribution in [2.24, 2.45) is 5.16 Å². The largest absolute Gasteiger partial charge is 0.477 e. The molecule has 4 rings (SSSR count). The van der Waals surface area contributed by atoms with Crippen LogP contribution in [-0.4, -0.2) is 71.6 Å². The van der Waals surface area contributed by atoms with Crippen LogP contribution in [0.15, 0.2) is 57.3 Å². The van der Waals surface area contributed by atoms with Crippen molar-refractivity contribution in [3.8, 4) is 0 Å². The van der Waals surface area contributed by atoms with E-state index in [4.69, 9.17) is 10.6 Å². The second-order valence-corrected chi connectivity index (χ2v) is 9.83. The quantitative estimate of drug-likeness (QED) is 0.183. The molecule has 0 radical (unpaired) electrons. The lowest BCUT2D eigenvalue weighted by atomic mass is 10.0. The number of aromatic nitrogens is 3. The number of β-lactam (4-membered cyclic amide) rings is 1. The number of pyridine rings is 1. The van der Waals surface area contributed by atoms with Crippen molar-refractivity contribution in [3.63, 3.8) is 0 Å². The average molecular weight is 534 g/mol. The van der Waals surface area contributed by atoms with Crippen LogP contribution in [0.5, 0.6) is 0 Å². The van der Waals surface area contributed by atoms with Crippen molar-refractivity contribution < 1.29 is 24.3 Å². The van der Waals surface area contributed by atoms with Gasteiger partial charge in [0, 0.05) is 34.6 Å². The van der Waals surface area contributed by atoms with Crippen LogP contribution in [0.25, 0.3) is 0 Å². The maximum Gasteiger partial charge on any atom is 0.352 e. The second kappa shape index (κ2) is 10.9. The molecule has 2 aromatic rings. The van der Waals surface area contributed by atoms with Gasteiger partial charge in [-0.1, -0.05) is 16.9 Å². The number of fused-ring (bicyclic) bond motifs is 1. The standard InChI is InChI=1S/C20H19N7O5S3/c1-2-32-25-12(15-24-20(21)35-26-15)16(28)23-13-17(29)27-14(19(30)31)10(9-34-18(13)27)5-7-33-11-4-3-6-22-8-11/h3-8,13,18H,2,9H2,1H3,(H,23,28)(H,30,31)(H2,21,24,26)/b7-5+,25-12+. The third-order valence-electron chi connectivity index (χ3n) is 4.75. The van der Waals surface area contributed by atoms with Crippen molar-refractivity contribution in [3.05, 3.63) is 53.1 Å². The van der Waals surface area contributed by atoms with E-state index in [-0.39, 0.29) is 29.0 Å². The van der Waals surface area contributed by atoms with Crippen LogP contribution >= 0.6 is 35.1 Å². The highest BCUT2D eigenvalue weighted by molar-refractivity contribution is 8.02. The number of aliphatic carboxylic acids is 1. The number of nitrogens with one attached hydrogen (secondary N) is 1. The van der Waals surface area contributed by atoms with Crippen LogP contribution in [0.3, 0.4) is 0 Å². The predicted octanol–water partition coefficient (Wildman–Crippen LogP) is 1.30. The Balaban J connectivity index is 1.49. The van der Waals surface area contributed by atoms with Crippen LogP contribution in [0.2, 0.25) is 0 Å². The molecule has 0 bridgehead atoms. The number of carboxylic acid groups (broad SMARTS) is 1. The molecule has 15 heteroatoms. The normalized spacial score (nSPS) is 20.0. The number of oxime groups is 1. The zero-order valence-electron chi connectivity index (χ0n) is 18.2. The molecule has 2 unspecified atom stereocenters. The summed E-state index contributed by atoms with van der Waals surface area (Å²) in [6.07, 6.45) is 5.03. The number of thioether (sulfide) groups is 2. The minimum Gasteiger partial charge on any atom is -0.477 e. The number of nitrogens with zero attached hydrogens (tertiary/aromatic N) is 5. The number of hydrogen-bond acceptors (Lipinski definition) is 12. The number of amides is 2. The van der Waals surface area contributed by atoms with Gasteiger partial charge in [0.1, 0.15) is 23.7 Å². The Morgan fingerprint density at radius 1 is 1.49 bits per heavy atom. The summed E-state index contributed by atoms with van der Waals surface area (Å²) in [5, 5.41) is 17.5. The van der Waals surface area contributed by atoms with Gasteiger partial charge in [-0.2, -0.15) is 9.36 Å². The highest BCUT2D eigenvalue weighted by Crippen LogP contribution is 2.41. The van der Waals surface area contributed by atoms with Crippen molar-refractivity contribution in [2.45, 2.75) is 23.2 Å². The van der Waals surface area contributed by atoms with Gasteiger partial charge in [-0.25, -0.2) is 4.79 Å². The molecular formula is C20H19N7O5S3. The fourth-order valence-electron chi connectivity index (χ4n) is 3.24. The van der Waals surface area contributed by atoms with Gasteiger partial charge >= 0.3 is 5.97 Å². The number of allylic oxidation sites excluding steroid dienone is 1. The smallest absolute Gasteiger partial charge is 0.352 e. The zero-order chi connectivity index (χ0) is 24.9. The first-order chi connectivity index (χ1) is 16.9. The number of anilines is 1.